The number of allylic oxidation sites excluding steroid dienone is 1. The molecule has 4 aliphatic carbocycles. The molecule has 10 unspecified atom stereocenters. The fourth-order valence-corrected chi connectivity index (χ4v) is 9.59. The van der Waals surface area contributed by atoms with Crippen molar-refractivity contribution in [2.45, 2.75) is 94.9 Å². The highest BCUT2D eigenvalue weighted by Gasteiger charge is 2.83. The van der Waals surface area contributed by atoms with E-state index in [2.05, 4.69) is 6.92 Å². The van der Waals surface area contributed by atoms with Gasteiger partial charge >= 0.3 is 11.9 Å². The van der Waals surface area contributed by atoms with Crippen molar-refractivity contribution in [3.63, 3.8) is 0 Å². The van der Waals surface area contributed by atoms with Crippen molar-refractivity contribution in [1.82, 2.24) is 0 Å². The molecule has 10 atom stereocenters. The molecule has 37 heavy (non-hydrogen) atoms. The maximum Gasteiger partial charge on any atom is 0.334 e. The summed E-state index contributed by atoms with van der Waals surface area (Å²) >= 11 is 0. The summed E-state index contributed by atoms with van der Waals surface area (Å²) in [7, 11) is 0. The Morgan fingerprint density at radius 3 is 2.49 bits per heavy atom. The maximum atomic E-state index is 12.6. The molecule has 0 aromatic rings. The predicted molar refractivity (Wildman–Crippen MR) is 133 cm³/mol. The van der Waals surface area contributed by atoms with Gasteiger partial charge in [0.15, 0.2) is 0 Å². The Hall–Kier alpha value is -2.22. The summed E-state index contributed by atoms with van der Waals surface area (Å²) in [6, 6.07) is 0. The Kier molecular flexibility index (Phi) is 4.42. The molecule has 7 heteroatoms. The Labute approximate surface area is 217 Å². The number of cyclic esters (lactones) is 1. The van der Waals surface area contributed by atoms with Gasteiger partial charge in [-0.3, -0.25) is 0 Å². The van der Waals surface area contributed by atoms with Crippen LogP contribution in [-0.4, -0.2) is 56.8 Å². The average Bonchev–Trinajstić information content (AvgIpc) is 3.51. The van der Waals surface area contributed by atoms with Crippen molar-refractivity contribution in [1.29, 1.82) is 0 Å². The molecule has 3 aliphatic heterocycles. The molecule has 2 saturated carbocycles. The number of hydrogen-bond donors (Lipinski definition) is 2. The Bertz CT molecular complexity index is 1260. The second-order valence-electron chi connectivity index (χ2n) is 13.5. The number of esters is 2. The first kappa shape index (κ1) is 23.9. The van der Waals surface area contributed by atoms with E-state index in [1.165, 1.54) is 6.08 Å². The van der Waals surface area contributed by atoms with Gasteiger partial charge in [-0.2, -0.15) is 0 Å². The number of carbonyl (C=O) groups excluding carboxylic acids is 2. The lowest BCUT2D eigenvalue weighted by Crippen LogP contribution is -2.66. The number of ether oxygens (including phenoxy) is 3. The number of carbonyl (C=O) groups is 2. The molecule has 0 bridgehead atoms. The quantitative estimate of drug-likeness (QED) is 0.382. The van der Waals surface area contributed by atoms with Crippen molar-refractivity contribution >= 4 is 11.9 Å². The molecule has 0 aromatic heterocycles. The minimum absolute atomic E-state index is 0.0163. The molecule has 3 heterocycles. The first-order valence-electron chi connectivity index (χ1n) is 13.6. The van der Waals surface area contributed by atoms with Gasteiger partial charge in [0.05, 0.1) is 11.7 Å². The lowest BCUT2D eigenvalue weighted by Gasteiger charge is -2.55. The summed E-state index contributed by atoms with van der Waals surface area (Å²) in [5, 5.41) is 25.0. The van der Waals surface area contributed by atoms with Gasteiger partial charge in [-0.05, 0) is 87.2 Å². The van der Waals surface area contributed by atoms with Gasteiger partial charge in [0.2, 0.25) is 0 Å². The summed E-state index contributed by atoms with van der Waals surface area (Å²) in [6.45, 7) is 9.84. The topological polar surface area (TPSA) is 106 Å². The highest BCUT2D eigenvalue weighted by atomic mass is 16.6. The second-order valence-corrected chi connectivity index (χ2v) is 13.5. The summed E-state index contributed by atoms with van der Waals surface area (Å²) in [5.74, 6) is -1.24. The third-order valence-electron chi connectivity index (χ3n) is 11.2. The molecule has 1 spiro atoms. The van der Waals surface area contributed by atoms with E-state index in [-0.39, 0.29) is 47.1 Å². The van der Waals surface area contributed by atoms with Crippen LogP contribution in [0.25, 0.3) is 0 Å². The molecule has 198 valence electrons. The van der Waals surface area contributed by atoms with Gasteiger partial charge in [-0.1, -0.05) is 19.9 Å². The highest BCUT2D eigenvalue weighted by molar-refractivity contribution is 5.90. The number of aliphatic hydroxyl groups is 2. The molecule has 7 rings (SSSR count). The van der Waals surface area contributed by atoms with Crippen molar-refractivity contribution in [3.05, 3.63) is 47.1 Å². The summed E-state index contributed by atoms with van der Waals surface area (Å²) in [5.41, 5.74) is -2.04. The van der Waals surface area contributed by atoms with Crippen molar-refractivity contribution in [3.8, 4) is 0 Å². The fourth-order valence-electron chi connectivity index (χ4n) is 9.59. The van der Waals surface area contributed by atoms with Crippen LogP contribution >= 0.6 is 0 Å². The lowest BCUT2D eigenvalue weighted by molar-refractivity contribution is -0.160. The zero-order chi connectivity index (χ0) is 26.3. The van der Waals surface area contributed by atoms with Gasteiger partial charge in [0, 0.05) is 29.4 Å². The third-order valence-corrected chi connectivity index (χ3v) is 11.2. The Balaban J connectivity index is 1.35. The molecule has 7 nitrogen and oxygen atoms in total. The van der Waals surface area contributed by atoms with E-state index in [1.54, 1.807) is 6.92 Å². The molecule has 7 aliphatic rings. The van der Waals surface area contributed by atoms with Gasteiger partial charge in [0.25, 0.3) is 0 Å². The third kappa shape index (κ3) is 2.78. The van der Waals surface area contributed by atoms with Crippen LogP contribution in [0.1, 0.15) is 60.3 Å². The molecule has 1 saturated heterocycles. The second kappa shape index (κ2) is 6.85. The van der Waals surface area contributed by atoms with E-state index in [0.717, 1.165) is 30.4 Å². The van der Waals surface area contributed by atoms with E-state index >= 15 is 0 Å². The van der Waals surface area contributed by atoms with Gasteiger partial charge < -0.3 is 24.4 Å². The molecular formula is C30H36O7. The van der Waals surface area contributed by atoms with Gasteiger partial charge in [-0.25, -0.2) is 9.59 Å². The SMILES string of the molecule is CC1=CC2=CC3(O)C4CC5(O)C=C6C=CC(=O)OC(C)(C)C6CCC5C4(C)CC4OC43C(C)C2OC1=O. The maximum absolute atomic E-state index is 12.6. The smallest absolute Gasteiger partial charge is 0.334 e. The number of hydrogen-bond acceptors (Lipinski definition) is 7. The van der Waals surface area contributed by atoms with Crippen LogP contribution in [0.5, 0.6) is 0 Å². The van der Waals surface area contributed by atoms with E-state index in [4.69, 9.17) is 14.2 Å². The van der Waals surface area contributed by atoms with E-state index in [9.17, 15) is 19.8 Å². The van der Waals surface area contributed by atoms with E-state index in [1.807, 2.05) is 45.1 Å². The standard InChI is InChI=1S/C30H36O7/c1-15-10-18-12-29(34)21-13-28(33)11-17-6-9-23(31)37-26(3,4)19(17)7-8-20(28)27(21,5)14-22-30(29,36-22)16(2)24(18)35-25(15)32/h6,9-12,16,19-22,24,33-34H,7-8,13-14H2,1-5H3. The van der Waals surface area contributed by atoms with Crippen LogP contribution in [-0.2, 0) is 23.8 Å². The number of rotatable bonds is 0. The van der Waals surface area contributed by atoms with Crippen molar-refractivity contribution < 1.29 is 34.0 Å². The minimum atomic E-state index is -1.30. The highest BCUT2D eigenvalue weighted by Crippen LogP contribution is 2.74. The largest absolute Gasteiger partial charge is 0.456 e. The zero-order valence-corrected chi connectivity index (χ0v) is 22.1. The van der Waals surface area contributed by atoms with Crippen LogP contribution in [0, 0.1) is 29.1 Å². The molecule has 2 N–H and O–H groups in total. The molecule has 3 fully saturated rings. The summed E-state index contributed by atoms with van der Waals surface area (Å²) in [6.07, 6.45) is 11.0. The monoisotopic (exact) mass is 508 g/mol. The molecular weight excluding hydrogens is 472 g/mol. The molecule has 0 radical (unpaired) electrons. The lowest BCUT2D eigenvalue weighted by atomic mass is 9.50. The molecule has 0 amide bonds. The summed E-state index contributed by atoms with van der Waals surface area (Å²) < 4.78 is 18.0. The van der Waals surface area contributed by atoms with E-state index < -0.39 is 28.5 Å². The first-order chi connectivity index (χ1) is 17.3. The van der Waals surface area contributed by atoms with Crippen LogP contribution in [0.2, 0.25) is 0 Å². The number of epoxide rings is 1. The van der Waals surface area contributed by atoms with Crippen LogP contribution in [0.15, 0.2) is 47.1 Å². The van der Waals surface area contributed by atoms with Crippen LogP contribution in [0.3, 0.4) is 0 Å². The number of fused-ring (bicyclic) bond motifs is 6. The predicted octanol–water partition coefficient (Wildman–Crippen LogP) is 3.31. The van der Waals surface area contributed by atoms with Gasteiger partial charge in [-0.15, -0.1) is 0 Å². The average molecular weight is 509 g/mol. The minimum Gasteiger partial charge on any atom is -0.456 e. The van der Waals surface area contributed by atoms with Crippen molar-refractivity contribution in [2.24, 2.45) is 29.1 Å². The zero-order valence-electron chi connectivity index (χ0n) is 22.1. The first-order valence-corrected chi connectivity index (χ1v) is 13.6. The van der Waals surface area contributed by atoms with E-state index in [0.29, 0.717) is 12.0 Å². The van der Waals surface area contributed by atoms with Crippen molar-refractivity contribution in [2.75, 3.05) is 0 Å². The van der Waals surface area contributed by atoms with Gasteiger partial charge in [0.1, 0.15) is 22.9 Å². The van der Waals surface area contributed by atoms with Crippen LogP contribution < -0.4 is 0 Å². The van der Waals surface area contributed by atoms with Crippen LogP contribution in [0.4, 0.5) is 0 Å². The normalized spacial score (nSPS) is 52.7. The summed E-state index contributed by atoms with van der Waals surface area (Å²) in [4.78, 5) is 24.6. The Morgan fingerprint density at radius 1 is 0.973 bits per heavy atom. The molecule has 0 aromatic carbocycles. The Morgan fingerprint density at radius 2 is 1.73 bits per heavy atom. The fraction of sp³-hybridized carbons (Fsp3) is 0.667.